The van der Waals surface area contributed by atoms with E-state index in [1.165, 1.54) is 26.4 Å². The van der Waals surface area contributed by atoms with E-state index in [0.29, 0.717) is 22.6 Å². The van der Waals surface area contributed by atoms with Crippen LogP contribution in [0.25, 0.3) is 11.1 Å². The molecule has 0 aliphatic heterocycles. The molecule has 2 aromatic rings. The minimum absolute atomic E-state index is 0.155. The minimum atomic E-state index is -0.495. The minimum Gasteiger partial charge on any atom is -0.507 e. The van der Waals surface area contributed by atoms with Crippen LogP contribution in [0.2, 0.25) is 0 Å². The molecule has 1 N–H and O–H groups in total. The Balaban J connectivity index is 2.68. The third-order valence-corrected chi connectivity index (χ3v) is 2.66. The van der Waals surface area contributed by atoms with Gasteiger partial charge in [0.25, 0.3) is 0 Å². The number of ether oxygens (including phenoxy) is 2. The van der Waals surface area contributed by atoms with Crippen molar-refractivity contribution in [3.8, 4) is 28.4 Å². The van der Waals surface area contributed by atoms with Crippen LogP contribution in [0.15, 0.2) is 36.4 Å². The van der Waals surface area contributed by atoms with E-state index in [4.69, 9.17) is 9.47 Å². The number of phenols is 1. The van der Waals surface area contributed by atoms with Crippen molar-refractivity contribution < 1.29 is 19.0 Å². The summed E-state index contributed by atoms with van der Waals surface area (Å²) in [6, 6.07) is 9.11. The molecule has 0 aliphatic rings. The number of aromatic hydroxyl groups is 1. The highest BCUT2D eigenvalue weighted by molar-refractivity contribution is 5.80. The predicted octanol–water partition coefficient (Wildman–Crippen LogP) is 3.22. The first-order chi connectivity index (χ1) is 8.67. The lowest BCUT2D eigenvalue weighted by molar-refractivity contribution is 0.396. The molecule has 0 aromatic heterocycles. The summed E-state index contributed by atoms with van der Waals surface area (Å²) in [6.45, 7) is 0. The van der Waals surface area contributed by atoms with Crippen LogP contribution in [-0.2, 0) is 0 Å². The number of methoxy groups -OCH3 is 2. The summed E-state index contributed by atoms with van der Waals surface area (Å²) in [7, 11) is 3.05. The van der Waals surface area contributed by atoms with E-state index < -0.39 is 5.82 Å². The lowest BCUT2D eigenvalue weighted by Crippen LogP contribution is -1.93. The van der Waals surface area contributed by atoms with Crippen molar-refractivity contribution in [2.24, 2.45) is 0 Å². The second-order valence-corrected chi connectivity index (χ2v) is 3.70. The maximum atomic E-state index is 13.0. The van der Waals surface area contributed by atoms with Crippen LogP contribution in [0.5, 0.6) is 17.2 Å². The van der Waals surface area contributed by atoms with E-state index in [9.17, 15) is 9.50 Å². The Bertz CT molecular complexity index is 545. The normalized spacial score (nSPS) is 10.2. The topological polar surface area (TPSA) is 38.7 Å². The first-order valence-electron chi connectivity index (χ1n) is 5.37. The van der Waals surface area contributed by atoms with Gasteiger partial charge < -0.3 is 14.6 Å². The smallest absolute Gasteiger partial charge is 0.130 e. The molecule has 2 aromatic carbocycles. The Hall–Kier alpha value is -2.23. The van der Waals surface area contributed by atoms with E-state index in [1.54, 1.807) is 18.2 Å². The number of rotatable bonds is 3. The van der Waals surface area contributed by atoms with Gasteiger partial charge in [-0.2, -0.15) is 0 Å². The van der Waals surface area contributed by atoms with Gasteiger partial charge in [0.05, 0.1) is 19.8 Å². The summed E-state index contributed by atoms with van der Waals surface area (Å²) in [5, 5.41) is 9.83. The van der Waals surface area contributed by atoms with Crippen molar-refractivity contribution >= 4 is 0 Å². The molecular formula is C14H13FO3. The molecule has 4 heteroatoms. The second-order valence-electron chi connectivity index (χ2n) is 3.70. The van der Waals surface area contributed by atoms with Gasteiger partial charge in [0.2, 0.25) is 0 Å². The van der Waals surface area contributed by atoms with Crippen molar-refractivity contribution in [2.45, 2.75) is 0 Å². The van der Waals surface area contributed by atoms with Gasteiger partial charge in [-0.15, -0.1) is 0 Å². The van der Waals surface area contributed by atoms with Crippen LogP contribution in [0.1, 0.15) is 0 Å². The highest BCUT2D eigenvalue weighted by Gasteiger charge is 2.15. The van der Waals surface area contributed by atoms with Gasteiger partial charge in [0, 0.05) is 11.6 Å². The van der Waals surface area contributed by atoms with Gasteiger partial charge in [-0.25, -0.2) is 4.39 Å². The second kappa shape index (κ2) is 4.96. The van der Waals surface area contributed by atoms with E-state index in [2.05, 4.69) is 0 Å². The standard InChI is InChI=1S/C14H13FO3/c1-17-12-4-3-5-13(18-2)14(12)10-7-6-9(15)8-11(10)16/h3-8,16H,1-2H3. The fourth-order valence-electron chi connectivity index (χ4n) is 1.83. The van der Waals surface area contributed by atoms with Gasteiger partial charge in [-0.3, -0.25) is 0 Å². The average Bonchev–Trinajstić information content (AvgIpc) is 2.38. The molecule has 0 heterocycles. The van der Waals surface area contributed by atoms with Crippen molar-refractivity contribution in [1.29, 1.82) is 0 Å². The average molecular weight is 248 g/mol. The fraction of sp³-hybridized carbons (Fsp3) is 0.143. The maximum Gasteiger partial charge on any atom is 0.130 e. The Morgan fingerprint density at radius 1 is 1.00 bits per heavy atom. The quantitative estimate of drug-likeness (QED) is 0.906. The number of hydrogen-bond acceptors (Lipinski definition) is 3. The lowest BCUT2D eigenvalue weighted by atomic mass is 10.0. The molecule has 0 saturated heterocycles. The summed E-state index contributed by atoms with van der Waals surface area (Å²) >= 11 is 0. The molecule has 0 radical (unpaired) electrons. The zero-order valence-electron chi connectivity index (χ0n) is 10.1. The monoisotopic (exact) mass is 248 g/mol. The van der Waals surface area contributed by atoms with Gasteiger partial charge in [0.1, 0.15) is 23.1 Å². The Kier molecular flexibility index (Phi) is 3.37. The van der Waals surface area contributed by atoms with Crippen molar-refractivity contribution in [3.05, 3.63) is 42.2 Å². The first-order valence-corrected chi connectivity index (χ1v) is 5.37. The summed E-state index contributed by atoms with van der Waals surface area (Å²) in [4.78, 5) is 0. The Morgan fingerprint density at radius 3 is 2.11 bits per heavy atom. The first kappa shape index (κ1) is 12.2. The summed E-state index contributed by atoms with van der Waals surface area (Å²) in [6.07, 6.45) is 0. The van der Waals surface area contributed by atoms with Crippen LogP contribution in [0.4, 0.5) is 4.39 Å². The molecule has 0 fully saturated rings. The fourth-order valence-corrected chi connectivity index (χ4v) is 1.83. The van der Waals surface area contributed by atoms with Crippen molar-refractivity contribution in [2.75, 3.05) is 14.2 Å². The molecule has 94 valence electrons. The van der Waals surface area contributed by atoms with E-state index in [-0.39, 0.29) is 5.75 Å². The third-order valence-electron chi connectivity index (χ3n) is 2.66. The maximum absolute atomic E-state index is 13.0. The number of halogens is 1. The number of benzene rings is 2. The summed E-state index contributed by atoms with van der Waals surface area (Å²) < 4.78 is 23.5. The molecule has 0 atom stereocenters. The SMILES string of the molecule is COc1cccc(OC)c1-c1ccc(F)cc1O. The van der Waals surface area contributed by atoms with Gasteiger partial charge in [0.15, 0.2) is 0 Å². The third kappa shape index (κ3) is 2.09. The molecule has 0 spiro atoms. The zero-order valence-corrected chi connectivity index (χ0v) is 10.1. The molecule has 0 amide bonds. The van der Waals surface area contributed by atoms with E-state index in [0.717, 1.165) is 6.07 Å². The molecule has 0 saturated carbocycles. The predicted molar refractivity (Wildman–Crippen MR) is 66.6 cm³/mol. The summed E-state index contributed by atoms with van der Waals surface area (Å²) in [5.41, 5.74) is 1.06. The van der Waals surface area contributed by atoms with Crippen molar-refractivity contribution in [3.63, 3.8) is 0 Å². The van der Waals surface area contributed by atoms with Crippen LogP contribution >= 0.6 is 0 Å². The summed E-state index contributed by atoms with van der Waals surface area (Å²) in [5.74, 6) is 0.454. The van der Waals surface area contributed by atoms with E-state index >= 15 is 0 Å². The van der Waals surface area contributed by atoms with Crippen LogP contribution in [0, 0.1) is 5.82 Å². The van der Waals surface area contributed by atoms with E-state index in [1.807, 2.05) is 0 Å². The number of hydrogen-bond donors (Lipinski definition) is 1. The molecule has 18 heavy (non-hydrogen) atoms. The van der Waals surface area contributed by atoms with Gasteiger partial charge >= 0.3 is 0 Å². The molecule has 3 nitrogen and oxygen atoms in total. The molecule has 0 bridgehead atoms. The van der Waals surface area contributed by atoms with Crippen LogP contribution < -0.4 is 9.47 Å². The molecular weight excluding hydrogens is 235 g/mol. The van der Waals surface area contributed by atoms with Crippen LogP contribution in [-0.4, -0.2) is 19.3 Å². The molecule has 0 unspecified atom stereocenters. The highest BCUT2D eigenvalue weighted by atomic mass is 19.1. The molecule has 2 rings (SSSR count). The Labute approximate surface area is 104 Å². The highest BCUT2D eigenvalue weighted by Crippen LogP contribution is 2.42. The molecule has 0 aliphatic carbocycles. The van der Waals surface area contributed by atoms with Crippen LogP contribution in [0.3, 0.4) is 0 Å². The lowest BCUT2D eigenvalue weighted by Gasteiger charge is -2.14. The van der Waals surface area contributed by atoms with Crippen molar-refractivity contribution in [1.82, 2.24) is 0 Å². The van der Waals surface area contributed by atoms with Gasteiger partial charge in [-0.05, 0) is 24.3 Å². The van der Waals surface area contributed by atoms with Gasteiger partial charge in [-0.1, -0.05) is 6.07 Å². The largest absolute Gasteiger partial charge is 0.507 e. The zero-order chi connectivity index (χ0) is 13.1. The Morgan fingerprint density at radius 2 is 1.61 bits per heavy atom. The number of phenolic OH excluding ortho intramolecular Hbond substituents is 1.